The Morgan fingerprint density at radius 2 is 2.20 bits per heavy atom. The zero-order valence-electron chi connectivity index (χ0n) is 10.8. The minimum Gasteiger partial charge on any atom is -0.496 e. The number of rotatable bonds is 4. The number of methoxy groups -OCH3 is 1. The van der Waals surface area contributed by atoms with Gasteiger partial charge in [0, 0.05) is 29.5 Å². The lowest BCUT2D eigenvalue weighted by atomic mass is 10.2. The molecule has 1 amide bonds. The van der Waals surface area contributed by atoms with Gasteiger partial charge >= 0.3 is 0 Å². The summed E-state index contributed by atoms with van der Waals surface area (Å²) in [5.74, 6) is 0.506. The van der Waals surface area contributed by atoms with Crippen LogP contribution in [0.5, 0.6) is 5.75 Å². The van der Waals surface area contributed by atoms with Gasteiger partial charge in [0.15, 0.2) is 0 Å². The van der Waals surface area contributed by atoms with Crippen LogP contribution in [-0.2, 0) is 6.54 Å². The molecule has 1 aromatic heterocycles. The number of pyridine rings is 1. The highest BCUT2D eigenvalue weighted by Gasteiger charge is 2.08. The largest absolute Gasteiger partial charge is 0.496 e. The predicted octanol–water partition coefficient (Wildman–Crippen LogP) is 3.10. The van der Waals surface area contributed by atoms with Gasteiger partial charge in [-0.2, -0.15) is 0 Å². The van der Waals surface area contributed by atoms with Crippen molar-refractivity contribution in [3.05, 3.63) is 58.9 Å². The molecule has 1 N–H and O–H groups in total. The number of nitrogens with one attached hydrogen (secondary N) is 1. The van der Waals surface area contributed by atoms with Gasteiger partial charge in [0.25, 0.3) is 5.91 Å². The SMILES string of the molecule is COc1ccc(Cl)cc1CNC(=O)c1cccnc1.Cl. The van der Waals surface area contributed by atoms with Crippen molar-refractivity contribution < 1.29 is 9.53 Å². The van der Waals surface area contributed by atoms with Crippen molar-refractivity contribution in [2.24, 2.45) is 0 Å². The monoisotopic (exact) mass is 312 g/mol. The summed E-state index contributed by atoms with van der Waals surface area (Å²) in [5, 5.41) is 3.40. The van der Waals surface area contributed by atoms with Gasteiger partial charge in [-0.3, -0.25) is 9.78 Å². The van der Waals surface area contributed by atoms with Crippen LogP contribution in [0.4, 0.5) is 0 Å². The molecule has 106 valence electrons. The molecule has 0 radical (unpaired) electrons. The van der Waals surface area contributed by atoms with Crippen LogP contribution in [0, 0.1) is 0 Å². The Morgan fingerprint density at radius 1 is 1.40 bits per heavy atom. The highest BCUT2D eigenvalue weighted by Crippen LogP contribution is 2.22. The van der Waals surface area contributed by atoms with Crippen molar-refractivity contribution >= 4 is 29.9 Å². The number of carbonyl (C=O) groups is 1. The van der Waals surface area contributed by atoms with E-state index in [1.165, 1.54) is 6.20 Å². The summed E-state index contributed by atoms with van der Waals surface area (Å²) in [6.45, 7) is 0.345. The molecule has 1 heterocycles. The van der Waals surface area contributed by atoms with E-state index in [0.29, 0.717) is 22.9 Å². The molecular formula is C14H14Cl2N2O2. The van der Waals surface area contributed by atoms with E-state index in [1.807, 2.05) is 0 Å². The molecule has 20 heavy (non-hydrogen) atoms. The van der Waals surface area contributed by atoms with E-state index in [0.717, 1.165) is 5.56 Å². The number of nitrogens with zero attached hydrogens (tertiary/aromatic N) is 1. The second-order valence-electron chi connectivity index (χ2n) is 3.88. The van der Waals surface area contributed by atoms with E-state index in [1.54, 1.807) is 43.6 Å². The molecule has 0 fully saturated rings. The quantitative estimate of drug-likeness (QED) is 0.943. The van der Waals surface area contributed by atoms with Crippen molar-refractivity contribution in [3.63, 3.8) is 0 Å². The summed E-state index contributed by atoms with van der Waals surface area (Å²) in [6.07, 6.45) is 3.14. The average Bonchev–Trinajstić information content (AvgIpc) is 2.46. The van der Waals surface area contributed by atoms with Gasteiger partial charge in [0.1, 0.15) is 5.75 Å². The highest BCUT2D eigenvalue weighted by atomic mass is 35.5. The fourth-order valence-electron chi connectivity index (χ4n) is 1.66. The van der Waals surface area contributed by atoms with Crippen LogP contribution in [0.3, 0.4) is 0 Å². The van der Waals surface area contributed by atoms with Gasteiger partial charge in [-0.15, -0.1) is 12.4 Å². The Morgan fingerprint density at radius 3 is 2.85 bits per heavy atom. The average molecular weight is 313 g/mol. The summed E-state index contributed by atoms with van der Waals surface area (Å²) in [7, 11) is 1.58. The van der Waals surface area contributed by atoms with Crippen molar-refractivity contribution in [2.45, 2.75) is 6.54 Å². The fourth-order valence-corrected chi connectivity index (χ4v) is 1.85. The summed E-state index contributed by atoms with van der Waals surface area (Å²) in [6, 6.07) is 8.71. The third-order valence-corrected chi connectivity index (χ3v) is 2.84. The Hall–Kier alpha value is -1.78. The normalized spacial score (nSPS) is 9.50. The van der Waals surface area contributed by atoms with E-state index in [9.17, 15) is 4.79 Å². The standard InChI is InChI=1S/C14H13ClN2O2.ClH/c1-19-13-5-4-12(15)7-11(13)9-17-14(18)10-3-2-6-16-8-10;/h2-8H,9H2,1H3,(H,17,18);1H. The van der Waals surface area contributed by atoms with Gasteiger partial charge in [0.05, 0.1) is 12.7 Å². The second-order valence-corrected chi connectivity index (χ2v) is 4.32. The third-order valence-electron chi connectivity index (χ3n) is 2.61. The summed E-state index contributed by atoms with van der Waals surface area (Å²) >= 11 is 5.93. The van der Waals surface area contributed by atoms with Gasteiger partial charge in [0.2, 0.25) is 0 Å². The van der Waals surface area contributed by atoms with Crippen molar-refractivity contribution in [3.8, 4) is 5.75 Å². The van der Waals surface area contributed by atoms with Gasteiger partial charge in [-0.25, -0.2) is 0 Å². The number of ether oxygens (including phenoxy) is 1. The van der Waals surface area contributed by atoms with Gasteiger partial charge in [-0.1, -0.05) is 11.6 Å². The number of carbonyl (C=O) groups excluding carboxylic acids is 1. The summed E-state index contributed by atoms with van der Waals surface area (Å²) in [4.78, 5) is 15.8. The molecule has 2 rings (SSSR count). The lowest BCUT2D eigenvalue weighted by Crippen LogP contribution is -2.23. The first kappa shape index (κ1) is 16.3. The number of amides is 1. The number of aromatic nitrogens is 1. The molecule has 0 spiro atoms. The van der Waals surface area contributed by atoms with Crippen LogP contribution in [0.1, 0.15) is 15.9 Å². The molecule has 0 aliphatic heterocycles. The van der Waals surface area contributed by atoms with E-state index < -0.39 is 0 Å². The number of halogens is 2. The highest BCUT2D eigenvalue weighted by molar-refractivity contribution is 6.30. The third kappa shape index (κ3) is 4.11. The molecule has 0 bridgehead atoms. The lowest BCUT2D eigenvalue weighted by Gasteiger charge is -2.10. The molecule has 0 saturated heterocycles. The zero-order chi connectivity index (χ0) is 13.7. The van der Waals surface area contributed by atoms with Crippen LogP contribution in [0.25, 0.3) is 0 Å². The Labute approximate surface area is 128 Å². The van der Waals surface area contributed by atoms with Crippen LogP contribution in [-0.4, -0.2) is 18.0 Å². The Kier molecular flexibility index (Phi) is 6.28. The topological polar surface area (TPSA) is 51.2 Å². The Bertz CT molecular complexity index is 577. The van der Waals surface area contributed by atoms with E-state index in [2.05, 4.69) is 10.3 Å². The van der Waals surface area contributed by atoms with Crippen molar-refractivity contribution in [1.82, 2.24) is 10.3 Å². The van der Waals surface area contributed by atoms with Gasteiger partial charge < -0.3 is 10.1 Å². The molecule has 0 unspecified atom stereocenters. The van der Waals surface area contributed by atoms with Crippen molar-refractivity contribution in [1.29, 1.82) is 0 Å². The van der Waals surface area contributed by atoms with Crippen LogP contribution >= 0.6 is 24.0 Å². The van der Waals surface area contributed by atoms with Crippen LogP contribution < -0.4 is 10.1 Å². The molecule has 2 aromatic rings. The second kappa shape index (κ2) is 7.72. The van der Waals surface area contributed by atoms with E-state index in [4.69, 9.17) is 16.3 Å². The first-order chi connectivity index (χ1) is 9.20. The molecule has 0 atom stereocenters. The molecule has 4 nitrogen and oxygen atoms in total. The maximum atomic E-state index is 11.9. The minimum atomic E-state index is -0.185. The molecule has 6 heteroatoms. The molecular weight excluding hydrogens is 299 g/mol. The smallest absolute Gasteiger partial charge is 0.253 e. The molecule has 0 saturated carbocycles. The first-order valence-electron chi connectivity index (χ1n) is 5.71. The first-order valence-corrected chi connectivity index (χ1v) is 6.09. The number of hydrogen-bond donors (Lipinski definition) is 1. The van der Waals surface area contributed by atoms with Crippen LogP contribution in [0.2, 0.25) is 5.02 Å². The van der Waals surface area contributed by atoms with Crippen molar-refractivity contribution in [2.75, 3.05) is 7.11 Å². The molecule has 1 aromatic carbocycles. The summed E-state index contributed by atoms with van der Waals surface area (Å²) in [5.41, 5.74) is 1.34. The Balaban J connectivity index is 0.00000200. The molecule has 0 aliphatic rings. The summed E-state index contributed by atoms with van der Waals surface area (Å²) < 4.78 is 5.22. The van der Waals surface area contributed by atoms with Crippen LogP contribution in [0.15, 0.2) is 42.7 Å². The lowest BCUT2D eigenvalue weighted by molar-refractivity contribution is 0.0950. The molecule has 0 aliphatic carbocycles. The number of hydrogen-bond acceptors (Lipinski definition) is 3. The zero-order valence-corrected chi connectivity index (χ0v) is 12.4. The van der Waals surface area contributed by atoms with Gasteiger partial charge in [-0.05, 0) is 30.3 Å². The van der Waals surface area contributed by atoms with E-state index in [-0.39, 0.29) is 18.3 Å². The minimum absolute atomic E-state index is 0. The maximum absolute atomic E-state index is 11.9. The number of benzene rings is 1. The maximum Gasteiger partial charge on any atom is 0.253 e. The van der Waals surface area contributed by atoms with E-state index >= 15 is 0 Å². The predicted molar refractivity (Wildman–Crippen MR) is 80.7 cm³/mol. The fraction of sp³-hybridized carbons (Fsp3) is 0.143.